The largest absolute Gasteiger partial charge is 0.376 e. The number of amides is 8. The van der Waals surface area contributed by atoms with Crippen LogP contribution in [0.3, 0.4) is 0 Å². The van der Waals surface area contributed by atoms with Crippen LogP contribution in [0.2, 0.25) is 0 Å². The van der Waals surface area contributed by atoms with Crippen LogP contribution in [0, 0.1) is 0 Å². The van der Waals surface area contributed by atoms with Crippen molar-refractivity contribution >= 4 is 29.9 Å². The van der Waals surface area contributed by atoms with Crippen molar-refractivity contribution < 1.29 is 34.2 Å². The first-order valence-electron chi connectivity index (χ1n) is 6.42. The Kier molecular flexibility index (Phi) is 3.30. The molecule has 2 atom stereocenters. The number of imide groups is 2. The van der Waals surface area contributed by atoms with Crippen LogP contribution in [0.5, 0.6) is 0 Å². The van der Waals surface area contributed by atoms with Crippen molar-refractivity contribution in [2.75, 3.05) is 20.1 Å². The van der Waals surface area contributed by atoms with Crippen molar-refractivity contribution in [3.05, 3.63) is 0 Å². The lowest BCUT2D eigenvalue weighted by Gasteiger charge is -2.48. The van der Waals surface area contributed by atoms with E-state index in [1.165, 1.54) is 0 Å². The third-order valence-corrected chi connectivity index (χ3v) is 3.73. The van der Waals surface area contributed by atoms with E-state index in [2.05, 4.69) is 0 Å². The Labute approximate surface area is 128 Å². The lowest BCUT2D eigenvalue weighted by molar-refractivity contribution is -0.138. The molecular formula is C10H12N6O7. The summed E-state index contributed by atoms with van der Waals surface area (Å²) in [5.41, 5.74) is 0. The Morgan fingerprint density at radius 2 is 1.22 bits per heavy atom. The molecule has 0 aromatic heterocycles. The average molecular weight is 328 g/mol. The Bertz CT molecular complexity index is 573. The van der Waals surface area contributed by atoms with E-state index < -0.39 is 55.7 Å². The van der Waals surface area contributed by atoms with Gasteiger partial charge in [-0.3, -0.25) is 39.8 Å². The minimum atomic E-state index is -1.33. The first-order chi connectivity index (χ1) is 10.9. The quantitative estimate of drug-likeness (QED) is 0.386. The van der Waals surface area contributed by atoms with Crippen molar-refractivity contribution in [3.8, 4) is 0 Å². The first kappa shape index (κ1) is 15.0. The molecule has 3 aliphatic rings. The number of nitrogens with one attached hydrogen (secondary N) is 2. The monoisotopic (exact) mass is 328 g/mol. The van der Waals surface area contributed by atoms with E-state index in [1.807, 2.05) is 10.6 Å². The summed E-state index contributed by atoms with van der Waals surface area (Å²) in [5.74, 6) is -1.58. The smallest absolute Gasteiger partial charge is 0.328 e. The molecule has 124 valence electrons. The number of aliphatic hydroxyl groups excluding tert-OH is 2. The molecule has 0 aromatic rings. The lowest BCUT2D eigenvalue weighted by Crippen LogP contribution is -2.72. The molecule has 0 saturated carbocycles. The van der Waals surface area contributed by atoms with Crippen LogP contribution in [0.4, 0.5) is 14.4 Å². The van der Waals surface area contributed by atoms with E-state index in [1.54, 1.807) is 0 Å². The predicted molar refractivity (Wildman–Crippen MR) is 66.4 cm³/mol. The van der Waals surface area contributed by atoms with Gasteiger partial charge in [-0.2, -0.15) is 0 Å². The predicted octanol–water partition coefficient (Wildman–Crippen LogP) is -3.66. The van der Waals surface area contributed by atoms with Crippen LogP contribution < -0.4 is 10.6 Å². The van der Waals surface area contributed by atoms with Gasteiger partial charge in [0.15, 0.2) is 12.3 Å². The highest BCUT2D eigenvalue weighted by Gasteiger charge is 2.55. The summed E-state index contributed by atoms with van der Waals surface area (Å²) >= 11 is 0. The standard InChI is InChI=1S/C10H12N6O7/c17-2-15-6(4(19)11-8(15)21)13-1-14(10(13)23)7-5(20)12-9(22)16(7)3-18/h6-7,17-18H,1-3H2,(H,11,19,21)(H,12,20,22). The number of nitrogens with zero attached hydrogens (tertiary/aromatic N) is 4. The summed E-state index contributed by atoms with van der Waals surface area (Å²) in [4.78, 5) is 61.9. The highest BCUT2D eigenvalue weighted by atomic mass is 16.3. The van der Waals surface area contributed by atoms with Gasteiger partial charge in [-0.1, -0.05) is 0 Å². The molecule has 3 aliphatic heterocycles. The van der Waals surface area contributed by atoms with Crippen molar-refractivity contribution in [3.63, 3.8) is 0 Å². The molecule has 13 nitrogen and oxygen atoms in total. The summed E-state index contributed by atoms with van der Waals surface area (Å²) in [6.45, 7) is -1.81. The third kappa shape index (κ3) is 1.97. The number of hydrogen-bond donors (Lipinski definition) is 4. The third-order valence-electron chi connectivity index (χ3n) is 3.73. The Morgan fingerprint density at radius 3 is 1.52 bits per heavy atom. The highest BCUT2D eigenvalue weighted by Crippen LogP contribution is 2.26. The molecule has 0 bridgehead atoms. The fourth-order valence-corrected chi connectivity index (χ4v) is 2.63. The first-order valence-corrected chi connectivity index (χ1v) is 6.42. The Morgan fingerprint density at radius 1 is 0.826 bits per heavy atom. The van der Waals surface area contributed by atoms with Gasteiger partial charge in [-0.05, 0) is 0 Å². The van der Waals surface area contributed by atoms with Crippen LogP contribution >= 0.6 is 0 Å². The van der Waals surface area contributed by atoms with Gasteiger partial charge in [0.25, 0.3) is 11.8 Å². The molecule has 0 radical (unpaired) electrons. The molecular weight excluding hydrogens is 316 g/mol. The molecule has 0 aromatic carbocycles. The number of rotatable bonds is 4. The highest BCUT2D eigenvalue weighted by molar-refractivity contribution is 6.07. The maximum Gasteiger partial charge on any atom is 0.328 e. The Hall–Kier alpha value is -2.93. The topological polar surface area (TPSA) is 163 Å². The molecule has 13 heteroatoms. The van der Waals surface area contributed by atoms with Gasteiger partial charge in [0.05, 0.1) is 0 Å². The van der Waals surface area contributed by atoms with Crippen LogP contribution in [-0.4, -0.2) is 92.2 Å². The minimum absolute atomic E-state index is 0.247. The van der Waals surface area contributed by atoms with E-state index in [4.69, 9.17) is 10.2 Å². The second kappa shape index (κ2) is 5.06. The molecule has 2 unspecified atom stereocenters. The minimum Gasteiger partial charge on any atom is -0.376 e. The summed E-state index contributed by atoms with van der Waals surface area (Å²) in [7, 11) is 0. The van der Waals surface area contributed by atoms with Crippen LogP contribution in [0.1, 0.15) is 0 Å². The molecule has 8 amide bonds. The number of hydrogen-bond acceptors (Lipinski definition) is 7. The molecule has 23 heavy (non-hydrogen) atoms. The Balaban J connectivity index is 1.76. The van der Waals surface area contributed by atoms with Gasteiger partial charge in [0.1, 0.15) is 20.1 Å². The van der Waals surface area contributed by atoms with E-state index in [0.29, 0.717) is 0 Å². The molecule has 0 spiro atoms. The molecule has 3 fully saturated rings. The number of carbonyl (C=O) groups excluding carboxylic acids is 5. The fourth-order valence-electron chi connectivity index (χ4n) is 2.63. The van der Waals surface area contributed by atoms with Crippen molar-refractivity contribution in [2.45, 2.75) is 12.3 Å². The van der Waals surface area contributed by atoms with Gasteiger partial charge in [0.2, 0.25) is 0 Å². The van der Waals surface area contributed by atoms with E-state index in [9.17, 15) is 24.0 Å². The molecule has 0 aliphatic carbocycles. The molecule has 4 N–H and O–H groups in total. The van der Waals surface area contributed by atoms with Gasteiger partial charge < -0.3 is 10.2 Å². The molecule has 3 rings (SSSR count). The normalized spacial score (nSPS) is 27.7. The number of carbonyl (C=O) groups is 5. The van der Waals surface area contributed by atoms with E-state index in [0.717, 1.165) is 19.6 Å². The molecule has 3 saturated heterocycles. The average Bonchev–Trinajstić information content (AvgIpc) is 2.93. The number of urea groups is 3. The van der Waals surface area contributed by atoms with Gasteiger partial charge >= 0.3 is 18.1 Å². The zero-order valence-corrected chi connectivity index (χ0v) is 11.5. The van der Waals surface area contributed by atoms with E-state index in [-0.39, 0.29) is 6.67 Å². The number of aliphatic hydroxyl groups is 2. The summed E-state index contributed by atoms with van der Waals surface area (Å²) in [6.07, 6.45) is -2.67. The summed E-state index contributed by atoms with van der Waals surface area (Å²) in [5, 5.41) is 22.1. The zero-order chi connectivity index (χ0) is 16.9. The SMILES string of the molecule is O=C1NC(=O)N(CO)C1N1CN(C2C(=O)NC(=O)N2CO)C1=O. The zero-order valence-electron chi connectivity index (χ0n) is 11.5. The van der Waals surface area contributed by atoms with Gasteiger partial charge in [0, 0.05) is 0 Å². The van der Waals surface area contributed by atoms with Crippen molar-refractivity contribution in [2.24, 2.45) is 0 Å². The molecule has 3 heterocycles. The summed E-state index contributed by atoms with van der Waals surface area (Å²) < 4.78 is 0. The lowest BCUT2D eigenvalue weighted by atomic mass is 10.3. The summed E-state index contributed by atoms with van der Waals surface area (Å²) in [6, 6.07) is -2.49. The van der Waals surface area contributed by atoms with Gasteiger partial charge in [-0.15, -0.1) is 0 Å². The van der Waals surface area contributed by atoms with Gasteiger partial charge in [-0.25, -0.2) is 14.4 Å². The van der Waals surface area contributed by atoms with E-state index >= 15 is 0 Å². The second-order valence-electron chi connectivity index (χ2n) is 4.92. The van der Waals surface area contributed by atoms with Crippen molar-refractivity contribution in [1.82, 2.24) is 30.2 Å². The second-order valence-corrected chi connectivity index (χ2v) is 4.92. The fraction of sp³-hybridized carbons (Fsp3) is 0.500. The van der Waals surface area contributed by atoms with Crippen molar-refractivity contribution in [1.29, 1.82) is 0 Å². The van der Waals surface area contributed by atoms with Crippen LogP contribution in [-0.2, 0) is 9.59 Å². The maximum absolute atomic E-state index is 12.2. The maximum atomic E-state index is 12.2. The van der Waals surface area contributed by atoms with Crippen LogP contribution in [0.15, 0.2) is 0 Å². The van der Waals surface area contributed by atoms with Crippen LogP contribution in [0.25, 0.3) is 0 Å².